The Hall–Kier alpha value is -1.72. The van der Waals surface area contributed by atoms with Crippen molar-refractivity contribution in [2.45, 2.75) is 45.3 Å². The molecule has 1 fully saturated rings. The summed E-state index contributed by atoms with van der Waals surface area (Å²) in [5.41, 5.74) is 2.01. The van der Waals surface area contributed by atoms with Crippen LogP contribution in [0.15, 0.2) is 30.3 Å². The predicted molar refractivity (Wildman–Crippen MR) is 92.0 cm³/mol. The minimum Gasteiger partial charge on any atom is -0.376 e. The molecule has 3 rings (SSSR count). The molecular weight excluding hydrogens is 308 g/mol. The van der Waals surface area contributed by atoms with Crippen LogP contribution in [0, 0.1) is 6.92 Å². The first-order valence-electron chi connectivity index (χ1n) is 8.06. The lowest BCUT2D eigenvalue weighted by molar-refractivity contribution is 0.0714. The van der Waals surface area contributed by atoms with Crippen molar-refractivity contribution in [1.82, 2.24) is 10.3 Å². The number of nitrogens with zero attached hydrogens (tertiary/aromatic N) is 1. The fraction of sp³-hybridized carbons (Fsp3) is 0.444. The van der Waals surface area contributed by atoms with E-state index in [0.717, 1.165) is 36.6 Å². The maximum atomic E-state index is 12.5. The van der Waals surface area contributed by atoms with Gasteiger partial charge in [-0.1, -0.05) is 30.3 Å². The quantitative estimate of drug-likeness (QED) is 0.915. The third kappa shape index (κ3) is 3.98. The first kappa shape index (κ1) is 16.1. The lowest BCUT2D eigenvalue weighted by Gasteiger charge is -2.19. The van der Waals surface area contributed by atoms with Gasteiger partial charge in [-0.25, -0.2) is 4.98 Å². The number of aromatic nitrogens is 1. The minimum atomic E-state index is -0.0395. The van der Waals surface area contributed by atoms with Crippen LogP contribution in [0.1, 0.15) is 45.7 Å². The van der Waals surface area contributed by atoms with E-state index < -0.39 is 0 Å². The van der Waals surface area contributed by atoms with E-state index in [2.05, 4.69) is 22.4 Å². The highest BCUT2D eigenvalue weighted by Crippen LogP contribution is 2.22. The Morgan fingerprint density at radius 2 is 2.22 bits per heavy atom. The highest BCUT2D eigenvalue weighted by Gasteiger charge is 2.25. The molecule has 1 amide bonds. The first-order chi connectivity index (χ1) is 11.1. The van der Waals surface area contributed by atoms with Crippen LogP contribution in [0.25, 0.3) is 0 Å². The van der Waals surface area contributed by atoms with Gasteiger partial charge in [-0.15, -0.1) is 11.3 Å². The SMILES string of the molecule is Cc1nc(Cc2ccccc2)sc1C(=O)N[C@H](C)[C@@H]1CCCO1. The Balaban J connectivity index is 1.66. The Labute approximate surface area is 140 Å². The lowest BCUT2D eigenvalue weighted by Crippen LogP contribution is -2.40. The van der Waals surface area contributed by atoms with Gasteiger partial charge in [-0.2, -0.15) is 0 Å². The van der Waals surface area contributed by atoms with Crippen LogP contribution in [0.3, 0.4) is 0 Å². The summed E-state index contributed by atoms with van der Waals surface area (Å²) in [7, 11) is 0. The van der Waals surface area contributed by atoms with Gasteiger partial charge in [0.25, 0.3) is 5.91 Å². The van der Waals surface area contributed by atoms with Crippen LogP contribution in [-0.4, -0.2) is 29.6 Å². The summed E-state index contributed by atoms with van der Waals surface area (Å²) in [5, 5.41) is 4.04. The van der Waals surface area contributed by atoms with Crippen LogP contribution in [0.2, 0.25) is 0 Å². The fourth-order valence-electron chi connectivity index (χ4n) is 2.87. The number of hydrogen-bond acceptors (Lipinski definition) is 4. The molecule has 0 spiro atoms. The van der Waals surface area contributed by atoms with Crippen LogP contribution in [0.4, 0.5) is 0 Å². The first-order valence-corrected chi connectivity index (χ1v) is 8.88. The number of carbonyl (C=O) groups excluding carboxylic acids is 1. The number of ether oxygens (including phenoxy) is 1. The standard InChI is InChI=1S/C18H22N2O2S/c1-12(15-9-6-10-22-15)20-18(21)17-13(2)19-16(23-17)11-14-7-4-3-5-8-14/h3-5,7-8,12,15H,6,9-11H2,1-2H3,(H,20,21)/t12-,15+/m1/s1. The molecule has 1 aromatic carbocycles. The van der Waals surface area contributed by atoms with Gasteiger partial charge in [0.2, 0.25) is 0 Å². The monoisotopic (exact) mass is 330 g/mol. The molecule has 1 N–H and O–H groups in total. The van der Waals surface area contributed by atoms with Gasteiger partial charge in [0.15, 0.2) is 0 Å². The highest BCUT2D eigenvalue weighted by molar-refractivity contribution is 7.13. The fourth-order valence-corrected chi connectivity index (χ4v) is 3.87. The smallest absolute Gasteiger partial charge is 0.263 e. The van der Waals surface area contributed by atoms with E-state index in [4.69, 9.17) is 4.74 Å². The van der Waals surface area contributed by atoms with Crippen LogP contribution < -0.4 is 5.32 Å². The van der Waals surface area contributed by atoms with Gasteiger partial charge in [0, 0.05) is 13.0 Å². The van der Waals surface area contributed by atoms with Crippen LogP contribution in [0.5, 0.6) is 0 Å². The van der Waals surface area contributed by atoms with Crippen LogP contribution >= 0.6 is 11.3 Å². The summed E-state index contributed by atoms with van der Waals surface area (Å²) in [5.74, 6) is -0.0395. The second-order valence-corrected chi connectivity index (χ2v) is 7.08. The maximum Gasteiger partial charge on any atom is 0.263 e. The Kier molecular flexibility index (Phi) is 5.08. The molecule has 0 bridgehead atoms. The topological polar surface area (TPSA) is 51.2 Å². The summed E-state index contributed by atoms with van der Waals surface area (Å²) in [6, 6.07) is 10.2. The van der Waals surface area contributed by atoms with Crippen molar-refractivity contribution in [3.05, 3.63) is 51.5 Å². The lowest BCUT2D eigenvalue weighted by atomic mass is 10.1. The van der Waals surface area contributed by atoms with Gasteiger partial charge in [-0.3, -0.25) is 4.79 Å². The van der Waals surface area contributed by atoms with Gasteiger partial charge in [0.1, 0.15) is 4.88 Å². The Bertz CT molecular complexity index is 663. The molecule has 0 saturated carbocycles. The van der Waals surface area contributed by atoms with Crippen molar-refractivity contribution in [2.24, 2.45) is 0 Å². The van der Waals surface area contributed by atoms with E-state index in [1.807, 2.05) is 32.0 Å². The normalized spacial score (nSPS) is 18.8. The number of thiazole rings is 1. The average Bonchev–Trinajstić information content (AvgIpc) is 3.18. The number of carbonyl (C=O) groups is 1. The highest BCUT2D eigenvalue weighted by atomic mass is 32.1. The molecule has 2 atom stereocenters. The molecular formula is C18H22N2O2S. The third-order valence-corrected chi connectivity index (χ3v) is 5.28. The molecule has 122 valence electrons. The number of benzene rings is 1. The molecule has 0 unspecified atom stereocenters. The van der Waals surface area contributed by atoms with Gasteiger partial charge < -0.3 is 10.1 Å². The molecule has 2 aromatic rings. The van der Waals surface area contributed by atoms with Gasteiger partial charge >= 0.3 is 0 Å². The molecule has 4 nitrogen and oxygen atoms in total. The average molecular weight is 330 g/mol. The second-order valence-electron chi connectivity index (χ2n) is 6.00. The maximum absolute atomic E-state index is 12.5. The predicted octanol–water partition coefficient (Wildman–Crippen LogP) is 3.34. The second kappa shape index (κ2) is 7.23. The van der Waals surface area contributed by atoms with Crippen LogP contribution in [-0.2, 0) is 11.2 Å². The summed E-state index contributed by atoms with van der Waals surface area (Å²) in [6.45, 7) is 4.71. The molecule has 1 aliphatic heterocycles. The number of amides is 1. The van der Waals surface area contributed by atoms with Gasteiger partial charge in [-0.05, 0) is 32.3 Å². The number of aryl methyl sites for hydroxylation is 1. The summed E-state index contributed by atoms with van der Waals surface area (Å²) in [6.07, 6.45) is 2.99. The molecule has 0 aliphatic carbocycles. The van der Waals surface area contributed by atoms with Crippen molar-refractivity contribution < 1.29 is 9.53 Å². The summed E-state index contributed by atoms with van der Waals surface area (Å²) in [4.78, 5) is 17.8. The van der Waals surface area contributed by atoms with E-state index in [1.54, 1.807) is 0 Å². The van der Waals surface area contributed by atoms with Crippen molar-refractivity contribution >= 4 is 17.2 Å². The zero-order chi connectivity index (χ0) is 16.2. The molecule has 1 saturated heterocycles. The number of hydrogen-bond donors (Lipinski definition) is 1. The zero-order valence-corrected chi connectivity index (χ0v) is 14.4. The molecule has 1 aliphatic rings. The van der Waals surface area contributed by atoms with Crippen molar-refractivity contribution in [3.8, 4) is 0 Å². The molecule has 2 heterocycles. The number of rotatable bonds is 5. The van der Waals surface area contributed by atoms with Gasteiger partial charge in [0.05, 0.1) is 22.8 Å². The van der Waals surface area contributed by atoms with Crippen molar-refractivity contribution in [1.29, 1.82) is 0 Å². The van der Waals surface area contributed by atoms with E-state index in [1.165, 1.54) is 16.9 Å². The minimum absolute atomic E-state index is 0.0315. The molecule has 5 heteroatoms. The van der Waals surface area contributed by atoms with E-state index in [-0.39, 0.29) is 18.1 Å². The van der Waals surface area contributed by atoms with E-state index in [9.17, 15) is 4.79 Å². The number of nitrogens with one attached hydrogen (secondary N) is 1. The van der Waals surface area contributed by atoms with E-state index >= 15 is 0 Å². The summed E-state index contributed by atoms with van der Waals surface area (Å²) >= 11 is 1.48. The third-order valence-electron chi connectivity index (χ3n) is 4.13. The summed E-state index contributed by atoms with van der Waals surface area (Å²) < 4.78 is 5.64. The van der Waals surface area contributed by atoms with E-state index in [0.29, 0.717) is 4.88 Å². The molecule has 23 heavy (non-hydrogen) atoms. The Morgan fingerprint density at radius 1 is 1.43 bits per heavy atom. The van der Waals surface area contributed by atoms with Crippen molar-refractivity contribution in [3.63, 3.8) is 0 Å². The largest absolute Gasteiger partial charge is 0.376 e. The molecule has 1 aromatic heterocycles. The molecule has 0 radical (unpaired) electrons. The van der Waals surface area contributed by atoms with Crippen molar-refractivity contribution in [2.75, 3.05) is 6.61 Å². The Morgan fingerprint density at radius 3 is 2.91 bits per heavy atom. The zero-order valence-electron chi connectivity index (χ0n) is 13.5.